The highest BCUT2D eigenvalue weighted by molar-refractivity contribution is 7.17. The van der Waals surface area contributed by atoms with Crippen LogP contribution in [0.15, 0.2) is 18.5 Å². The molecule has 1 amide bonds. The molecule has 0 spiro atoms. The fraction of sp³-hybridized carbons (Fsp3) is 0.556. The summed E-state index contributed by atoms with van der Waals surface area (Å²) in [7, 11) is 0. The summed E-state index contributed by atoms with van der Waals surface area (Å²) in [5, 5.41) is 13.2. The minimum absolute atomic E-state index is 0.0622. The number of nitrogens with one attached hydrogen (secondary N) is 1. The molecule has 1 fully saturated rings. The molecule has 1 aliphatic rings. The molecule has 3 heterocycles. The van der Waals surface area contributed by atoms with E-state index >= 15 is 0 Å². The topological polar surface area (TPSA) is 97.2 Å². The minimum Gasteiger partial charge on any atom is -0.396 e. The molecule has 0 aromatic carbocycles. The van der Waals surface area contributed by atoms with E-state index < -0.39 is 0 Å². The Morgan fingerprint density at radius 2 is 2.12 bits per heavy atom. The van der Waals surface area contributed by atoms with E-state index in [9.17, 15) is 9.90 Å². The number of aromatic nitrogens is 3. The zero-order chi connectivity index (χ0) is 18.4. The maximum atomic E-state index is 12.5. The first-order valence-corrected chi connectivity index (χ1v) is 9.70. The van der Waals surface area contributed by atoms with Gasteiger partial charge in [-0.05, 0) is 44.1 Å². The normalized spacial score (nSPS) is 16.4. The fourth-order valence-corrected chi connectivity index (χ4v) is 4.04. The Labute approximate surface area is 156 Å². The van der Waals surface area contributed by atoms with Crippen molar-refractivity contribution in [2.75, 3.05) is 26.4 Å². The van der Waals surface area contributed by atoms with Crippen LogP contribution >= 0.6 is 11.3 Å². The monoisotopic (exact) mass is 376 g/mol. The molecule has 1 aliphatic heterocycles. The molecular weight excluding hydrogens is 352 g/mol. The predicted molar refractivity (Wildman–Crippen MR) is 98.9 cm³/mol. The molecule has 0 aliphatic carbocycles. The van der Waals surface area contributed by atoms with Crippen LogP contribution in [0.4, 0.5) is 0 Å². The first-order chi connectivity index (χ1) is 12.7. The molecule has 26 heavy (non-hydrogen) atoms. The van der Waals surface area contributed by atoms with Crippen molar-refractivity contribution in [2.24, 2.45) is 11.8 Å². The van der Waals surface area contributed by atoms with Crippen molar-refractivity contribution >= 4 is 17.2 Å². The molecular formula is C18H24N4O3S. The van der Waals surface area contributed by atoms with Gasteiger partial charge in [0.1, 0.15) is 4.88 Å². The Morgan fingerprint density at radius 3 is 2.81 bits per heavy atom. The second-order valence-electron chi connectivity index (χ2n) is 6.56. The number of rotatable bonds is 7. The third kappa shape index (κ3) is 4.84. The highest BCUT2D eigenvalue weighted by atomic mass is 32.1. The molecule has 7 nitrogen and oxygen atoms in total. The van der Waals surface area contributed by atoms with E-state index in [0.717, 1.165) is 32.5 Å². The third-order valence-electron chi connectivity index (χ3n) is 4.58. The number of nitrogens with zero attached hydrogens (tertiary/aromatic N) is 3. The van der Waals surface area contributed by atoms with Crippen LogP contribution in [0.3, 0.4) is 0 Å². The third-order valence-corrected chi connectivity index (χ3v) is 5.73. The molecule has 8 heteroatoms. The molecule has 140 valence electrons. The van der Waals surface area contributed by atoms with Crippen LogP contribution in [0.25, 0.3) is 10.8 Å². The summed E-state index contributed by atoms with van der Waals surface area (Å²) >= 11 is 1.29. The van der Waals surface area contributed by atoms with Crippen LogP contribution in [0, 0.1) is 18.8 Å². The summed E-state index contributed by atoms with van der Waals surface area (Å²) in [4.78, 5) is 25.9. The lowest BCUT2D eigenvalue weighted by Gasteiger charge is -2.25. The standard InChI is InChI=1S/C18H24N4O3S/c1-12-15(26-18(22-12)16-19-5-2-6-20-16)17(24)21-10-14(11-23)9-13-3-7-25-8-4-13/h2,5-6,13-14,23H,3-4,7-11H2,1H3,(H,21,24). The van der Waals surface area contributed by atoms with Gasteiger partial charge in [0, 0.05) is 38.8 Å². The van der Waals surface area contributed by atoms with Crippen molar-refractivity contribution in [1.82, 2.24) is 20.3 Å². The van der Waals surface area contributed by atoms with Gasteiger partial charge in [-0.3, -0.25) is 4.79 Å². The van der Waals surface area contributed by atoms with E-state index in [1.54, 1.807) is 18.5 Å². The van der Waals surface area contributed by atoms with Crippen LogP contribution in [0.5, 0.6) is 0 Å². The SMILES string of the molecule is Cc1nc(-c2ncccn2)sc1C(=O)NCC(CO)CC1CCOCC1. The van der Waals surface area contributed by atoms with E-state index in [2.05, 4.69) is 20.3 Å². The number of hydrogen-bond acceptors (Lipinski definition) is 7. The van der Waals surface area contributed by atoms with Crippen molar-refractivity contribution in [3.05, 3.63) is 29.0 Å². The Morgan fingerprint density at radius 1 is 1.38 bits per heavy atom. The lowest BCUT2D eigenvalue weighted by atomic mass is 9.89. The zero-order valence-corrected chi connectivity index (χ0v) is 15.7. The number of carbonyl (C=O) groups excluding carboxylic acids is 1. The Hall–Kier alpha value is -1.90. The lowest BCUT2D eigenvalue weighted by Crippen LogP contribution is -2.32. The number of aliphatic hydroxyl groups excluding tert-OH is 1. The molecule has 0 radical (unpaired) electrons. The number of aliphatic hydroxyl groups is 1. The quantitative estimate of drug-likeness (QED) is 0.768. The number of carbonyl (C=O) groups is 1. The molecule has 0 saturated carbocycles. The molecule has 2 aromatic rings. The second-order valence-corrected chi connectivity index (χ2v) is 7.56. The summed E-state index contributed by atoms with van der Waals surface area (Å²) in [6.45, 7) is 3.92. The van der Waals surface area contributed by atoms with E-state index in [4.69, 9.17) is 4.74 Å². The second kappa shape index (κ2) is 9.16. The summed E-state index contributed by atoms with van der Waals surface area (Å²) in [6, 6.07) is 1.74. The number of hydrogen-bond donors (Lipinski definition) is 2. The maximum Gasteiger partial charge on any atom is 0.263 e. The Kier molecular flexibility index (Phi) is 6.65. The van der Waals surface area contributed by atoms with Crippen molar-refractivity contribution in [3.63, 3.8) is 0 Å². The van der Waals surface area contributed by atoms with Crippen molar-refractivity contribution < 1.29 is 14.6 Å². The minimum atomic E-state index is -0.160. The van der Waals surface area contributed by atoms with Crippen LogP contribution in [-0.4, -0.2) is 52.3 Å². The largest absolute Gasteiger partial charge is 0.396 e. The van der Waals surface area contributed by atoms with Gasteiger partial charge < -0.3 is 15.2 Å². The van der Waals surface area contributed by atoms with Gasteiger partial charge in [-0.15, -0.1) is 11.3 Å². The van der Waals surface area contributed by atoms with Gasteiger partial charge >= 0.3 is 0 Å². The van der Waals surface area contributed by atoms with Crippen LogP contribution in [-0.2, 0) is 4.74 Å². The fourth-order valence-electron chi connectivity index (χ4n) is 3.11. The van der Waals surface area contributed by atoms with Crippen molar-refractivity contribution in [1.29, 1.82) is 0 Å². The molecule has 1 unspecified atom stereocenters. The van der Waals surface area contributed by atoms with E-state index in [1.807, 2.05) is 6.92 Å². The van der Waals surface area contributed by atoms with Gasteiger partial charge in [0.25, 0.3) is 5.91 Å². The molecule has 0 bridgehead atoms. The van der Waals surface area contributed by atoms with Gasteiger partial charge in [0.05, 0.1) is 5.69 Å². The highest BCUT2D eigenvalue weighted by Gasteiger charge is 2.21. The first-order valence-electron chi connectivity index (χ1n) is 8.89. The predicted octanol–water partition coefficient (Wildman–Crippen LogP) is 2.06. The van der Waals surface area contributed by atoms with Crippen LogP contribution in [0.2, 0.25) is 0 Å². The Bertz CT molecular complexity index is 716. The van der Waals surface area contributed by atoms with E-state index in [0.29, 0.717) is 33.9 Å². The smallest absolute Gasteiger partial charge is 0.263 e. The zero-order valence-electron chi connectivity index (χ0n) is 14.9. The van der Waals surface area contributed by atoms with Crippen LogP contribution in [0.1, 0.15) is 34.6 Å². The number of aryl methyl sites for hydroxylation is 1. The summed E-state index contributed by atoms with van der Waals surface area (Å²) < 4.78 is 5.37. The van der Waals surface area contributed by atoms with Gasteiger partial charge in [0.15, 0.2) is 10.8 Å². The number of ether oxygens (including phenoxy) is 1. The van der Waals surface area contributed by atoms with Gasteiger partial charge in [-0.25, -0.2) is 15.0 Å². The lowest BCUT2D eigenvalue weighted by molar-refractivity contribution is 0.0536. The molecule has 3 rings (SSSR count). The molecule has 2 N–H and O–H groups in total. The molecule has 1 atom stereocenters. The van der Waals surface area contributed by atoms with E-state index in [1.165, 1.54) is 11.3 Å². The van der Waals surface area contributed by atoms with Crippen molar-refractivity contribution in [2.45, 2.75) is 26.2 Å². The number of thiazole rings is 1. The summed E-state index contributed by atoms with van der Waals surface area (Å²) in [5.41, 5.74) is 0.667. The van der Waals surface area contributed by atoms with Gasteiger partial charge in [-0.1, -0.05) is 0 Å². The molecule has 2 aromatic heterocycles. The number of amides is 1. The molecule has 1 saturated heterocycles. The summed E-state index contributed by atoms with van der Waals surface area (Å²) in [6.07, 6.45) is 6.27. The van der Waals surface area contributed by atoms with Gasteiger partial charge in [-0.2, -0.15) is 0 Å². The van der Waals surface area contributed by atoms with Gasteiger partial charge in [0.2, 0.25) is 0 Å². The first kappa shape index (κ1) is 18.9. The van der Waals surface area contributed by atoms with Crippen LogP contribution < -0.4 is 5.32 Å². The Balaban J connectivity index is 1.58. The average molecular weight is 376 g/mol. The maximum absolute atomic E-state index is 12.5. The highest BCUT2D eigenvalue weighted by Crippen LogP contribution is 2.26. The summed E-state index contributed by atoms with van der Waals surface area (Å²) in [5.74, 6) is 0.983. The van der Waals surface area contributed by atoms with E-state index in [-0.39, 0.29) is 18.4 Å². The average Bonchev–Trinajstić information content (AvgIpc) is 3.08. The van der Waals surface area contributed by atoms with Crippen molar-refractivity contribution in [3.8, 4) is 10.8 Å².